The molecule has 0 bridgehead atoms. The largest absolute Gasteiger partial charge is 0.379 e. The average molecular weight is 230 g/mol. The Morgan fingerprint density at radius 1 is 1.38 bits per heavy atom. The molecule has 0 aliphatic rings. The van der Waals surface area contributed by atoms with Crippen molar-refractivity contribution in [3.8, 4) is 0 Å². The van der Waals surface area contributed by atoms with Crippen LogP contribution in [0.1, 0.15) is 5.69 Å². The number of nitrogens with zero attached hydrogens (tertiary/aromatic N) is 2. The fraction of sp³-hybridized carbons (Fsp3) is 0.0909. The maximum atomic E-state index is 4.22. The molecule has 2 aromatic heterocycles. The second kappa shape index (κ2) is 3.94. The van der Waals surface area contributed by atoms with Crippen molar-refractivity contribution in [1.29, 1.82) is 0 Å². The number of fused-ring (bicyclic) bond motifs is 1. The van der Waals surface area contributed by atoms with Crippen LogP contribution < -0.4 is 5.32 Å². The van der Waals surface area contributed by atoms with Crippen LogP contribution in [0.3, 0.4) is 0 Å². The van der Waals surface area contributed by atoms with Gasteiger partial charge >= 0.3 is 0 Å². The van der Waals surface area contributed by atoms with Crippen LogP contribution in [0.15, 0.2) is 35.3 Å². The Morgan fingerprint density at radius 3 is 3.25 bits per heavy atom. The molecule has 0 amide bonds. The summed E-state index contributed by atoms with van der Waals surface area (Å²) in [4.78, 5) is 4.22. The van der Waals surface area contributed by atoms with Crippen LogP contribution in [-0.2, 0) is 6.54 Å². The fourth-order valence-electron chi connectivity index (χ4n) is 1.57. The number of aromatic amines is 1. The lowest BCUT2D eigenvalue weighted by Crippen LogP contribution is -1.98. The van der Waals surface area contributed by atoms with Gasteiger partial charge in [-0.05, 0) is 18.2 Å². The Balaban J connectivity index is 1.78. The van der Waals surface area contributed by atoms with Crippen LogP contribution >= 0.6 is 11.3 Å². The number of anilines is 1. The van der Waals surface area contributed by atoms with Gasteiger partial charge in [-0.2, -0.15) is 5.10 Å². The quantitative estimate of drug-likeness (QED) is 0.727. The van der Waals surface area contributed by atoms with E-state index in [2.05, 4.69) is 26.6 Å². The van der Waals surface area contributed by atoms with Gasteiger partial charge in [-0.15, -0.1) is 11.3 Å². The van der Waals surface area contributed by atoms with E-state index < -0.39 is 0 Å². The molecule has 0 saturated heterocycles. The number of nitrogens with one attached hydrogen (secondary N) is 2. The summed E-state index contributed by atoms with van der Waals surface area (Å²) >= 11 is 1.61. The second-order valence-corrected chi connectivity index (χ2v) is 4.22. The van der Waals surface area contributed by atoms with Gasteiger partial charge in [-0.1, -0.05) is 0 Å². The third kappa shape index (κ3) is 1.77. The molecule has 5 heteroatoms. The summed E-state index contributed by atoms with van der Waals surface area (Å²) in [6.45, 7) is 0.757. The molecular formula is C11H10N4S. The van der Waals surface area contributed by atoms with E-state index in [1.165, 1.54) is 0 Å². The van der Waals surface area contributed by atoms with E-state index in [0.29, 0.717) is 0 Å². The molecule has 0 saturated carbocycles. The predicted octanol–water partition coefficient (Wildman–Crippen LogP) is 2.63. The molecule has 1 aromatic carbocycles. The lowest BCUT2D eigenvalue weighted by molar-refractivity contribution is 1.07. The normalized spacial score (nSPS) is 10.8. The van der Waals surface area contributed by atoms with E-state index in [0.717, 1.165) is 28.8 Å². The highest BCUT2D eigenvalue weighted by Gasteiger charge is 1.98. The first-order chi connectivity index (χ1) is 7.92. The molecule has 80 valence electrons. The molecule has 0 radical (unpaired) electrons. The predicted molar refractivity (Wildman–Crippen MR) is 65.5 cm³/mol. The SMILES string of the molecule is c1nc(CNc2ccc3[nH]ncc3c2)cs1. The molecule has 3 aromatic rings. The van der Waals surface area contributed by atoms with Gasteiger partial charge in [0.25, 0.3) is 0 Å². The zero-order valence-electron chi connectivity index (χ0n) is 8.47. The van der Waals surface area contributed by atoms with Crippen molar-refractivity contribution in [2.45, 2.75) is 6.54 Å². The van der Waals surface area contributed by atoms with E-state index in [-0.39, 0.29) is 0 Å². The first-order valence-electron chi connectivity index (χ1n) is 4.96. The van der Waals surface area contributed by atoms with Crippen molar-refractivity contribution in [1.82, 2.24) is 15.2 Å². The molecule has 0 fully saturated rings. The van der Waals surface area contributed by atoms with E-state index in [1.54, 1.807) is 11.3 Å². The minimum absolute atomic E-state index is 0.757. The molecule has 0 spiro atoms. The fourth-order valence-corrected chi connectivity index (χ4v) is 2.13. The van der Waals surface area contributed by atoms with Gasteiger partial charge in [0.1, 0.15) is 0 Å². The number of hydrogen-bond donors (Lipinski definition) is 2. The second-order valence-electron chi connectivity index (χ2n) is 3.51. The highest BCUT2D eigenvalue weighted by molar-refractivity contribution is 7.07. The molecule has 0 atom stereocenters. The summed E-state index contributed by atoms with van der Waals surface area (Å²) in [5.74, 6) is 0. The van der Waals surface area contributed by atoms with Crippen LogP contribution in [-0.4, -0.2) is 15.2 Å². The third-order valence-electron chi connectivity index (χ3n) is 2.40. The van der Waals surface area contributed by atoms with E-state index in [1.807, 2.05) is 29.2 Å². The van der Waals surface area contributed by atoms with Crippen molar-refractivity contribution >= 4 is 27.9 Å². The van der Waals surface area contributed by atoms with Gasteiger partial charge in [0.15, 0.2) is 0 Å². The van der Waals surface area contributed by atoms with Crippen molar-refractivity contribution in [2.75, 3.05) is 5.32 Å². The van der Waals surface area contributed by atoms with Gasteiger partial charge in [0.05, 0.1) is 29.5 Å². The van der Waals surface area contributed by atoms with Crippen molar-refractivity contribution < 1.29 is 0 Å². The number of benzene rings is 1. The smallest absolute Gasteiger partial charge is 0.0795 e. The molecule has 16 heavy (non-hydrogen) atoms. The summed E-state index contributed by atoms with van der Waals surface area (Å²) in [5.41, 5.74) is 5.05. The minimum atomic E-state index is 0.757. The van der Waals surface area contributed by atoms with E-state index >= 15 is 0 Å². The minimum Gasteiger partial charge on any atom is -0.379 e. The zero-order valence-corrected chi connectivity index (χ0v) is 9.29. The molecule has 0 aliphatic carbocycles. The van der Waals surface area contributed by atoms with Crippen LogP contribution in [0.4, 0.5) is 5.69 Å². The van der Waals surface area contributed by atoms with Gasteiger partial charge in [-0.25, -0.2) is 4.98 Å². The summed E-state index contributed by atoms with van der Waals surface area (Å²) < 4.78 is 0. The number of aromatic nitrogens is 3. The summed E-state index contributed by atoms with van der Waals surface area (Å²) in [6, 6.07) is 6.13. The van der Waals surface area contributed by atoms with Crippen LogP contribution in [0.25, 0.3) is 10.9 Å². The molecule has 0 unspecified atom stereocenters. The molecule has 2 N–H and O–H groups in total. The molecule has 4 nitrogen and oxygen atoms in total. The summed E-state index contributed by atoms with van der Waals surface area (Å²) in [6.07, 6.45) is 1.82. The van der Waals surface area contributed by atoms with Crippen LogP contribution in [0, 0.1) is 0 Å². The lowest BCUT2D eigenvalue weighted by Gasteiger charge is -2.03. The molecular weight excluding hydrogens is 220 g/mol. The van der Waals surface area contributed by atoms with Crippen molar-refractivity contribution in [2.24, 2.45) is 0 Å². The first kappa shape index (κ1) is 9.35. The first-order valence-corrected chi connectivity index (χ1v) is 5.90. The molecule has 0 aliphatic heterocycles. The molecule has 3 rings (SSSR count). The monoisotopic (exact) mass is 230 g/mol. The summed E-state index contributed by atoms with van der Waals surface area (Å²) in [5, 5.41) is 13.4. The highest BCUT2D eigenvalue weighted by atomic mass is 32.1. The van der Waals surface area contributed by atoms with E-state index in [9.17, 15) is 0 Å². The average Bonchev–Trinajstić information content (AvgIpc) is 2.97. The van der Waals surface area contributed by atoms with Gasteiger partial charge in [0, 0.05) is 16.5 Å². The maximum absolute atomic E-state index is 4.22. The zero-order chi connectivity index (χ0) is 10.8. The Bertz CT molecular complexity index is 585. The number of H-pyrrole nitrogens is 1. The highest BCUT2D eigenvalue weighted by Crippen LogP contribution is 2.17. The third-order valence-corrected chi connectivity index (χ3v) is 3.03. The maximum Gasteiger partial charge on any atom is 0.0795 e. The van der Waals surface area contributed by atoms with Gasteiger partial charge in [-0.3, -0.25) is 5.10 Å². The summed E-state index contributed by atoms with van der Waals surface area (Å²) in [7, 11) is 0. The Labute approximate surface area is 96.3 Å². The number of hydrogen-bond acceptors (Lipinski definition) is 4. The van der Waals surface area contributed by atoms with Crippen molar-refractivity contribution in [3.05, 3.63) is 41.0 Å². The van der Waals surface area contributed by atoms with Gasteiger partial charge < -0.3 is 5.32 Å². The Morgan fingerprint density at radius 2 is 2.38 bits per heavy atom. The lowest BCUT2D eigenvalue weighted by atomic mass is 10.2. The van der Waals surface area contributed by atoms with Crippen LogP contribution in [0.2, 0.25) is 0 Å². The van der Waals surface area contributed by atoms with Crippen molar-refractivity contribution in [3.63, 3.8) is 0 Å². The van der Waals surface area contributed by atoms with E-state index in [4.69, 9.17) is 0 Å². The standard InChI is InChI=1S/C11H10N4S/c1-2-11-8(4-14-15-11)3-9(1)12-5-10-6-16-7-13-10/h1-4,6-7,12H,5H2,(H,14,15). The number of rotatable bonds is 3. The molecule has 2 heterocycles. The Kier molecular flexibility index (Phi) is 2.30. The number of thiazole rings is 1. The van der Waals surface area contributed by atoms with Crippen LogP contribution in [0.5, 0.6) is 0 Å². The topological polar surface area (TPSA) is 53.6 Å². The Hall–Kier alpha value is -1.88. The van der Waals surface area contributed by atoms with Gasteiger partial charge in [0.2, 0.25) is 0 Å².